The van der Waals surface area contributed by atoms with Crippen LogP contribution in [0.4, 0.5) is 10.1 Å². The SMILES string of the molecule is Cc1nn(CCO)c(C)c1CNC1CCCN(c2cccc(F)c2)C1. The van der Waals surface area contributed by atoms with E-state index in [2.05, 4.69) is 15.3 Å². The average molecular weight is 346 g/mol. The number of halogens is 1. The lowest BCUT2D eigenvalue weighted by Crippen LogP contribution is -2.45. The number of nitrogens with zero attached hydrogens (tertiary/aromatic N) is 3. The third-order valence-electron chi connectivity index (χ3n) is 5.01. The fraction of sp³-hybridized carbons (Fsp3) is 0.526. The Kier molecular flexibility index (Phi) is 5.71. The average Bonchev–Trinajstić information content (AvgIpc) is 2.87. The summed E-state index contributed by atoms with van der Waals surface area (Å²) in [6, 6.07) is 7.20. The van der Waals surface area contributed by atoms with Crippen molar-refractivity contribution >= 4 is 5.69 Å². The van der Waals surface area contributed by atoms with E-state index in [1.165, 1.54) is 11.6 Å². The van der Waals surface area contributed by atoms with Gasteiger partial charge in [0, 0.05) is 42.6 Å². The van der Waals surface area contributed by atoms with Crippen molar-refractivity contribution in [3.63, 3.8) is 0 Å². The molecule has 1 fully saturated rings. The summed E-state index contributed by atoms with van der Waals surface area (Å²) in [5.74, 6) is -0.185. The summed E-state index contributed by atoms with van der Waals surface area (Å²) in [6.45, 7) is 7.30. The fourth-order valence-electron chi connectivity index (χ4n) is 3.60. The van der Waals surface area contributed by atoms with E-state index in [4.69, 9.17) is 5.11 Å². The van der Waals surface area contributed by atoms with Crippen molar-refractivity contribution in [3.8, 4) is 0 Å². The van der Waals surface area contributed by atoms with Crippen LogP contribution in [0.15, 0.2) is 24.3 Å². The first-order valence-electron chi connectivity index (χ1n) is 8.96. The first kappa shape index (κ1) is 17.9. The number of hydrogen-bond acceptors (Lipinski definition) is 4. The van der Waals surface area contributed by atoms with Crippen LogP contribution < -0.4 is 10.2 Å². The summed E-state index contributed by atoms with van der Waals surface area (Å²) in [4.78, 5) is 2.25. The standard InChI is InChI=1S/C19H27FN4O/c1-14-19(15(2)24(22-14)9-10-25)12-21-17-6-4-8-23(13-17)18-7-3-5-16(20)11-18/h3,5,7,11,17,21,25H,4,6,8-10,12-13H2,1-2H3. The maximum absolute atomic E-state index is 13.5. The topological polar surface area (TPSA) is 53.3 Å². The number of benzene rings is 1. The first-order chi connectivity index (χ1) is 12.1. The van der Waals surface area contributed by atoms with E-state index < -0.39 is 0 Å². The normalized spacial score (nSPS) is 17.9. The number of hydrogen-bond donors (Lipinski definition) is 2. The highest BCUT2D eigenvalue weighted by molar-refractivity contribution is 5.47. The lowest BCUT2D eigenvalue weighted by molar-refractivity contribution is 0.267. The van der Waals surface area contributed by atoms with Gasteiger partial charge in [-0.15, -0.1) is 0 Å². The van der Waals surface area contributed by atoms with Crippen molar-refractivity contribution in [3.05, 3.63) is 47.0 Å². The van der Waals surface area contributed by atoms with Gasteiger partial charge in [0.2, 0.25) is 0 Å². The molecule has 2 heterocycles. The minimum atomic E-state index is -0.185. The highest BCUT2D eigenvalue weighted by Crippen LogP contribution is 2.21. The molecule has 1 saturated heterocycles. The van der Waals surface area contributed by atoms with Gasteiger partial charge in [0.15, 0.2) is 0 Å². The molecule has 136 valence electrons. The van der Waals surface area contributed by atoms with Crippen molar-refractivity contribution in [2.24, 2.45) is 0 Å². The molecule has 0 saturated carbocycles. The number of aliphatic hydroxyl groups excluding tert-OH is 1. The quantitative estimate of drug-likeness (QED) is 0.843. The number of aryl methyl sites for hydroxylation is 1. The van der Waals surface area contributed by atoms with Crippen molar-refractivity contribution in [1.82, 2.24) is 15.1 Å². The molecular weight excluding hydrogens is 319 g/mol. The van der Waals surface area contributed by atoms with E-state index in [9.17, 15) is 4.39 Å². The largest absolute Gasteiger partial charge is 0.394 e. The van der Waals surface area contributed by atoms with Crippen LogP contribution in [-0.4, -0.2) is 40.6 Å². The predicted octanol–water partition coefficient (Wildman–Crippen LogP) is 2.39. The second-order valence-electron chi connectivity index (χ2n) is 6.74. The van der Waals surface area contributed by atoms with E-state index in [0.717, 1.165) is 49.6 Å². The van der Waals surface area contributed by atoms with Crippen molar-refractivity contribution in [2.75, 3.05) is 24.6 Å². The molecule has 1 aliphatic rings. The van der Waals surface area contributed by atoms with Crippen LogP contribution in [0, 0.1) is 19.7 Å². The van der Waals surface area contributed by atoms with Gasteiger partial charge in [-0.2, -0.15) is 5.10 Å². The summed E-state index contributed by atoms with van der Waals surface area (Å²) in [7, 11) is 0. The molecule has 1 atom stereocenters. The van der Waals surface area contributed by atoms with Gasteiger partial charge in [-0.05, 0) is 44.9 Å². The Bertz CT molecular complexity index is 715. The molecule has 5 nitrogen and oxygen atoms in total. The van der Waals surface area contributed by atoms with Gasteiger partial charge >= 0.3 is 0 Å². The number of rotatable bonds is 6. The lowest BCUT2D eigenvalue weighted by atomic mass is 10.0. The van der Waals surface area contributed by atoms with Gasteiger partial charge in [0.25, 0.3) is 0 Å². The molecule has 0 amide bonds. The summed E-state index contributed by atoms with van der Waals surface area (Å²) in [5, 5.41) is 17.3. The van der Waals surface area contributed by atoms with E-state index in [0.29, 0.717) is 12.6 Å². The third-order valence-corrected chi connectivity index (χ3v) is 5.01. The molecule has 6 heteroatoms. The molecule has 1 unspecified atom stereocenters. The van der Waals surface area contributed by atoms with Crippen molar-refractivity contribution in [1.29, 1.82) is 0 Å². The van der Waals surface area contributed by atoms with Gasteiger partial charge in [-0.3, -0.25) is 4.68 Å². The zero-order valence-electron chi connectivity index (χ0n) is 15.0. The molecule has 0 radical (unpaired) electrons. The maximum Gasteiger partial charge on any atom is 0.125 e. The molecule has 1 aromatic heterocycles. The molecular formula is C19H27FN4O. The molecule has 0 spiro atoms. The Morgan fingerprint density at radius 2 is 2.20 bits per heavy atom. The van der Waals surface area contributed by atoms with Crippen LogP contribution >= 0.6 is 0 Å². The highest BCUT2D eigenvalue weighted by Gasteiger charge is 2.21. The Hall–Kier alpha value is -1.92. The first-order valence-corrected chi connectivity index (χ1v) is 8.96. The number of piperidine rings is 1. The predicted molar refractivity (Wildman–Crippen MR) is 97.3 cm³/mol. The van der Waals surface area contributed by atoms with Crippen LogP contribution in [0.3, 0.4) is 0 Å². The third kappa shape index (κ3) is 4.19. The van der Waals surface area contributed by atoms with Crippen molar-refractivity contribution < 1.29 is 9.50 Å². The van der Waals surface area contributed by atoms with Gasteiger partial charge < -0.3 is 15.3 Å². The molecule has 1 aliphatic heterocycles. The Morgan fingerprint density at radius 1 is 1.36 bits per heavy atom. The Morgan fingerprint density at radius 3 is 2.96 bits per heavy atom. The Labute approximate surface area is 148 Å². The monoisotopic (exact) mass is 346 g/mol. The smallest absolute Gasteiger partial charge is 0.125 e. The number of aromatic nitrogens is 2. The Balaban J connectivity index is 1.62. The second-order valence-corrected chi connectivity index (χ2v) is 6.74. The van der Waals surface area contributed by atoms with Gasteiger partial charge in [0.05, 0.1) is 18.8 Å². The van der Waals surface area contributed by atoms with Gasteiger partial charge in [0.1, 0.15) is 5.82 Å². The fourth-order valence-corrected chi connectivity index (χ4v) is 3.60. The highest BCUT2D eigenvalue weighted by atomic mass is 19.1. The molecule has 2 aromatic rings. The number of aliphatic hydroxyl groups is 1. The van der Waals surface area contributed by atoms with Gasteiger partial charge in [-0.25, -0.2) is 4.39 Å². The lowest BCUT2D eigenvalue weighted by Gasteiger charge is -2.35. The minimum Gasteiger partial charge on any atom is -0.394 e. The molecule has 3 rings (SSSR count). The van der Waals surface area contributed by atoms with E-state index in [1.54, 1.807) is 12.1 Å². The van der Waals surface area contributed by atoms with Crippen molar-refractivity contribution in [2.45, 2.75) is 45.8 Å². The van der Waals surface area contributed by atoms with E-state index >= 15 is 0 Å². The maximum atomic E-state index is 13.5. The van der Waals surface area contributed by atoms with E-state index in [-0.39, 0.29) is 12.4 Å². The molecule has 25 heavy (non-hydrogen) atoms. The van der Waals surface area contributed by atoms with Crippen LogP contribution in [-0.2, 0) is 13.1 Å². The number of nitrogens with one attached hydrogen (secondary N) is 1. The zero-order chi connectivity index (χ0) is 17.8. The summed E-state index contributed by atoms with van der Waals surface area (Å²) in [6.07, 6.45) is 2.21. The van der Waals surface area contributed by atoms with Crippen LogP contribution in [0.2, 0.25) is 0 Å². The van der Waals surface area contributed by atoms with Crippen LogP contribution in [0.1, 0.15) is 29.8 Å². The zero-order valence-corrected chi connectivity index (χ0v) is 15.0. The summed E-state index contributed by atoms with van der Waals surface area (Å²) in [5.41, 5.74) is 4.28. The summed E-state index contributed by atoms with van der Waals surface area (Å²) < 4.78 is 15.3. The van der Waals surface area contributed by atoms with Crippen LogP contribution in [0.25, 0.3) is 0 Å². The minimum absolute atomic E-state index is 0.0973. The van der Waals surface area contributed by atoms with Gasteiger partial charge in [-0.1, -0.05) is 6.07 Å². The molecule has 1 aromatic carbocycles. The van der Waals surface area contributed by atoms with Crippen LogP contribution in [0.5, 0.6) is 0 Å². The second kappa shape index (κ2) is 7.97. The number of anilines is 1. The molecule has 0 aliphatic carbocycles. The molecule has 0 bridgehead atoms. The van der Waals surface area contributed by atoms with E-state index in [1.807, 2.05) is 24.6 Å². The summed E-state index contributed by atoms with van der Waals surface area (Å²) >= 11 is 0. The molecule has 2 N–H and O–H groups in total.